The number of thioether (sulfide) groups is 1. The lowest BCUT2D eigenvalue weighted by atomic mass is 9.89. The van der Waals surface area contributed by atoms with E-state index in [2.05, 4.69) is 42.3 Å². The maximum Gasteiger partial charge on any atom is 0.247 e. The van der Waals surface area contributed by atoms with Crippen molar-refractivity contribution in [2.75, 3.05) is 26.7 Å². The number of hydrogen-bond donors (Lipinski definition) is 0. The Balaban J connectivity index is 0.000000151. The Hall–Kier alpha value is -6.26. The van der Waals surface area contributed by atoms with Crippen molar-refractivity contribution in [3.63, 3.8) is 0 Å². The van der Waals surface area contributed by atoms with Gasteiger partial charge in [0.15, 0.2) is 16.5 Å². The van der Waals surface area contributed by atoms with Gasteiger partial charge in [0.1, 0.15) is 11.5 Å². The third-order valence-electron chi connectivity index (χ3n) is 10.5. The molecule has 0 saturated carbocycles. The van der Waals surface area contributed by atoms with Crippen molar-refractivity contribution < 1.29 is 17.9 Å². The lowest BCUT2D eigenvalue weighted by Crippen LogP contribution is -2.12. The van der Waals surface area contributed by atoms with Gasteiger partial charge in [-0.15, -0.1) is 0 Å². The lowest BCUT2D eigenvalue weighted by molar-refractivity contribution is 0.414. The van der Waals surface area contributed by atoms with Gasteiger partial charge in [0.25, 0.3) is 0 Å². The summed E-state index contributed by atoms with van der Waals surface area (Å²) in [6, 6.07) is 15.9. The molecular formula is C42H38N10O4S2. The third kappa shape index (κ3) is 7.02. The summed E-state index contributed by atoms with van der Waals surface area (Å²) in [7, 11) is -0.136. The molecule has 0 saturated heterocycles. The number of hydrogen-bond acceptors (Lipinski definition) is 13. The van der Waals surface area contributed by atoms with Crippen molar-refractivity contribution in [2.24, 2.45) is 0 Å². The molecular weight excluding hydrogens is 773 g/mol. The number of methoxy groups -OCH3 is 2. The molecule has 6 heterocycles. The van der Waals surface area contributed by atoms with E-state index in [4.69, 9.17) is 19.4 Å². The van der Waals surface area contributed by atoms with E-state index in [9.17, 15) is 8.42 Å². The Morgan fingerprint density at radius 3 is 1.57 bits per heavy atom. The fourth-order valence-corrected chi connectivity index (χ4v) is 8.45. The minimum atomic E-state index is -3.45. The van der Waals surface area contributed by atoms with Gasteiger partial charge in [0.2, 0.25) is 15.0 Å². The highest BCUT2D eigenvalue weighted by atomic mass is 32.2. The van der Waals surface area contributed by atoms with E-state index in [1.807, 2.05) is 83.0 Å². The van der Waals surface area contributed by atoms with Crippen molar-refractivity contribution in [3.8, 4) is 33.8 Å². The number of aryl methyl sites for hydroxylation is 4. The number of nitrogens with zero attached hydrogens (tertiary/aromatic N) is 10. The Morgan fingerprint density at radius 2 is 1.10 bits per heavy atom. The fraction of sp³-hybridized carbons (Fsp3) is 0.238. The molecule has 6 aromatic heterocycles. The summed E-state index contributed by atoms with van der Waals surface area (Å²) in [4.78, 5) is 27.0. The van der Waals surface area contributed by atoms with Gasteiger partial charge in [-0.2, -0.15) is 10.2 Å². The molecule has 2 aromatic carbocycles. The molecule has 58 heavy (non-hydrogen) atoms. The van der Waals surface area contributed by atoms with Crippen molar-refractivity contribution >= 4 is 43.7 Å². The van der Waals surface area contributed by atoms with Crippen LogP contribution in [0, 0.1) is 0 Å². The molecule has 16 heteroatoms. The average Bonchev–Trinajstić information content (AvgIpc) is 3.87. The Labute approximate surface area is 338 Å². The summed E-state index contributed by atoms with van der Waals surface area (Å²) in [5.41, 5.74) is 12.2. The lowest BCUT2D eigenvalue weighted by Gasteiger charge is -2.19. The molecule has 10 rings (SSSR count). The summed E-state index contributed by atoms with van der Waals surface area (Å²) in [6.45, 7) is 1.24. The number of benzene rings is 2. The molecule has 0 N–H and O–H groups in total. The number of sulfone groups is 1. The predicted octanol–water partition coefficient (Wildman–Crippen LogP) is 6.21. The molecule has 0 radical (unpaired) electrons. The monoisotopic (exact) mass is 810 g/mol. The van der Waals surface area contributed by atoms with Crippen LogP contribution in [0.4, 0.5) is 0 Å². The van der Waals surface area contributed by atoms with Crippen LogP contribution in [-0.2, 0) is 48.6 Å². The van der Waals surface area contributed by atoms with E-state index in [1.54, 1.807) is 32.2 Å². The Morgan fingerprint density at radius 1 is 0.621 bits per heavy atom. The summed E-state index contributed by atoms with van der Waals surface area (Å²) in [6.07, 6.45) is 17.5. The van der Waals surface area contributed by atoms with Crippen molar-refractivity contribution in [1.82, 2.24) is 49.5 Å². The van der Waals surface area contributed by atoms with Crippen LogP contribution in [0.5, 0.6) is 11.5 Å². The molecule has 292 valence electrons. The van der Waals surface area contributed by atoms with Gasteiger partial charge in [0, 0.05) is 64.1 Å². The number of rotatable bonds is 8. The Bertz CT molecular complexity index is 2950. The molecule has 0 amide bonds. The van der Waals surface area contributed by atoms with E-state index in [-0.39, 0.29) is 5.16 Å². The molecule has 0 fully saturated rings. The molecule has 2 aliphatic carbocycles. The summed E-state index contributed by atoms with van der Waals surface area (Å²) in [5.74, 6) is 1.66. The van der Waals surface area contributed by atoms with Crippen LogP contribution in [0.3, 0.4) is 0 Å². The molecule has 8 aromatic rings. The van der Waals surface area contributed by atoms with Gasteiger partial charge in [-0.05, 0) is 78.5 Å². The normalized spacial score (nSPS) is 12.9. The zero-order valence-corrected chi connectivity index (χ0v) is 33.9. The van der Waals surface area contributed by atoms with Gasteiger partial charge in [-0.1, -0.05) is 36.0 Å². The second-order valence-corrected chi connectivity index (χ2v) is 16.8. The van der Waals surface area contributed by atoms with Crippen molar-refractivity contribution in [2.45, 2.75) is 49.1 Å². The smallest absolute Gasteiger partial charge is 0.247 e. The molecule has 0 aliphatic heterocycles. The zero-order chi connectivity index (χ0) is 40.0. The quantitative estimate of drug-likeness (QED) is 0.126. The van der Waals surface area contributed by atoms with E-state index >= 15 is 0 Å². The summed E-state index contributed by atoms with van der Waals surface area (Å²) >= 11 is 1.57. The largest absolute Gasteiger partial charge is 0.497 e. The van der Waals surface area contributed by atoms with E-state index in [0.717, 1.165) is 109 Å². The van der Waals surface area contributed by atoms with Gasteiger partial charge in [0.05, 0.1) is 51.1 Å². The number of pyridine rings is 2. The molecule has 0 spiro atoms. The minimum absolute atomic E-state index is 0.134. The van der Waals surface area contributed by atoms with Crippen LogP contribution in [0.15, 0.2) is 96.0 Å². The van der Waals surface area contributed by atoms with Crippen molar-refractivity contribution in [1.29, 1.82) is 0 Å². The van der Waals surface area contributed by atoms with Gasteiger partial charge in [-0.3, -0.25) is 0 Å². The van der Waals surface area contributed by atoms with E-state index in [1.165, 1.54) is 11.1 Å². The van der Waals surface area contributed by atoms with Crippen LogP contribution in [0.25, 0.3) is 44.3 Å². The molecule has 14 nitrogen and oxygen atoms in total. The first kappa shape index (κ1) is 37.3. The highest BCUT2D eigenvalue weighted by Crippen LogP contribution is 2.39. The van der Waals surface area contributed by atoms with Crippen LogP contribution in [-0.4, -0.2) is 84.6 Å². The summed E-state index contributed by atoms with van der Waals surface area (Å²) in [5, 5.41) is 11.8. The molecule has 0 atom stereocenters. The zero-order valence-electron chi connectivity index (χ0n) is 32.2. The second-order valence-electron chi connectivity index (χ2n) is 14.1. The van der Waals surface area contributed by atoms with Crippen LogP contribution in [0.2, 0.25) is 0 Å². The maximum atomic E-state index is 11.8. The molecule has 0 bridgehead atoms. The highest BCUT2D eigenvalue weighted by Gasteiger charge is 2.26. The van der Waals surface area contributed by atoms with E-state index in [0.29, 0.717) is 19.5 Å². The maximum absolute atomic E-state index is 11.8. The van der Waals surface area contributed by atoms with Gasteiger partial charge >= 0.3 is 0 Å². The first-order valence-corrected chi connectivity index (χ1v) is 21.7. The topological polar surface area (TPSA) is 166 Å². The standard InChI is InChI=1S/C21H19N5O3S.C21H19N5OS/c1-29-15-6-3-13(4-7-15)12-26-20-17(11-24-26)19-14(9-22-20)5-8-18-16(19)10-23-21(25-18)30(2,27)28;1-27-15-6-3-13(4-7-15)12-26-20-17(11-24-26)19-14(9-22-20)5-8-18-16(19)10-23-21(25-18)28-2/h3-4,6-7,9-11H,5,8,12H2,1-2H3;3-4,6-7,9-11H,5,8,12H2,1-2H3. The third-order valence-corrected chi connectivity index (χ3v) is 11.9. The molecule has 2 aliphatic rings. The number of fused-ring (bicyclic) bond motifs is 10. The summed E-state index contributed by atoms with van der Waals surface area (Å²) < 4.78 is 37.9. The van der Waals surface area contributed by atoms with Crippen LogP contribution >= 0.6 is 11.8 Å². The van der Waals surface area contributed by atoms with Gasteiger partial charge < -0.3 is 9.47 Å². The van der Waals surface area contributed by atoms with Crippen molar-refractivity contribution in [3.05, 3.63) is 119 Å². The van der Waals surface area contributed by atoms with Gasteiger partial charge in [-0.25, -0.2) is 47.7 Å². The minimum Gasteiger partial charge on any atom is -0.497 e. The van der Waals surface area contributed by atoms with E-state index < -0.39 is 9.84 Å². The SMILES string of the molecule is COc1ccc(Cn2ncc3c4c(cnc32)CCc2nc(S(C)(=O)=O)ncc2-4)cc1.COc1ccc(Cn2ncc3c4c(cnc32)CCc2nc(SC)ncc2-4)cc1. The fourth-order valence-electron chi connectivity index (χ4n) is 7.57. The van der Waals surface area contributed by atoms with Crippen LogP contribution < -0.4 is 9.47 Å². The van der Waals surface area contributed by atoms with Crippen LogP contribution in [0.1, 0.15) is 33.6 Å². The first-order chi connectivity index (χ1) is 28.2. The number of aromatic nitrogens is 10. The highest BCUT2D eigenvalue weighted by molar-refractivity contribution is 7.98. The molecule has 0 unspecified atom stereocenters. The second kappa shape index (κ2) is 15.2. The average molecular weight is 811 g/mol. The Kier molecular flexibility index (Phi) is 9.81. The predicted molar refractivity (Wildman–Crippen MR) is 221 cm³/mol. The first-order valence-electron chi connectivity index (χ1n) is 18.6. The number of ether oxygens (including phenoxy) is 2.